The molecule has 0 spiro atoms. The summed E-state index contributed by atoms with van der Waals surface area (Å²) in [5, 5.41) is 0.818. The molecular formula is C22H33ClN4O. The number of carbonyl (C=O) groups excluding carboxylic acids is 1. The molecule has 154 valence electrons. The molecule has 0 N–H and O–H groups in total. The van der Waals surface area contributed by atoms with Crippen molar-refractivity contribution in [1.82, 2.24) is 14.7 Å². The zero-order valence-corrected chi connectivity index (χ0v) is 17.8. The summed E-state index contributed by atoms with van der Waals surface area (Å²) in [5.41, 5.74) is 1.25. The zero-order chi connectivity index (χ0) is 19.5. The lowest BCUT2D eigenvalue weighted by atomic mass is 9.96. The van der Waals surface area contributed by atoms with Crippen molar-refractivity contribution < 1.29 is 4.79 Å². The second-order valence-electron chi connectivity index (χ2n) is 8.53. The molecule has 0 bridgehead atoms. The summed E-state index contributed by atoms with van der Waals surface area (Å²) in [5.74, 6) is 0.229. The molecule has 3 saturated heterocycles. The van der Waals surface area contributed by atoms with Crippen molar-refractivity contribution in [1.29, 1.82) is 0 Å². The van der Waals surface area contributed by atoms with Crippen LogP contribution in [0.1, 0.15) is 32.6 Å². The molecule has 1 aromatic carbocycles. The van der Waals surface area contributed by atoms with E-state index in [1.807, 2.05) is 17.0 Å². The first-order valence-corrected chi connectivity index (χ1v) is 11.2. The summed E-state index contributed by atoms with van der Waals surface area (Å²) < 4.78 is 0. The number of piperidine rings is 2. The van der Waals surface area contributed by atoms with Crippen molar-refractivity contribution in [2.75, 3.05) is 57.3 Å². The predicted molar refractivity (Wildman–Crippen MR) is 115 cm³/mol. The number of likely N-dealkylation sites (tertiary alicyclic amines) is 2. The van der Waals surface area contributed by atoms with E-state index in [9.17, 15) is 4.79 Å². The van der Waals surface area contributed by atoms with E-state index in [1.54, 1.807) is 6.92 Å². The third-order valence-electron chi connectivity index (χ3n) is 6.86. The summed E-state index contributed by atoms with van der Waals surface area (Å²) in [6, 6.07) is 9.57. The summed E-state index contributed by atoms with van der Waals surface area (Å²) >= 11 is 6.17. The summed E-state index contributed by atoms with van der Waals surface area (Å²) in [4.78, 5) is 21.5. The quantitative estimate of drug-likeness (QED) is 0.774. The van der Waals surface area contributed by atoms with E-state index in [2.05, 4.69) is 26.8 Å². The molecule has 0 radical (unpaired) electrons. The smallest absolute Gasteiger partial charge is 0.219 e. The minimum atomic E-state index is 0.229. The first-order valence-electron chi connectivity index (χ1n) is 10.8. The lowest BCUT2D eigenvalue weighted by molar-refractivity contribution is -0.130. The Hall–Kier alpha value is -1.30. The molecule has 4 rings (SSSR count). The Balaban J connectivity index is 1.28. The Morgan fingerprint density at radius 3 is 2.36 bits per heavy atom. The van der Waals surface area contributed by atoms with Gasteiger partial charge in [-0.25, -0.2) is 0 Å². The van der Waals surface area contributed by atoms with E-state index in [1.165, 1.54) is 31.6 Å². The van der Waals surface area contributed by atoms with E-state index in [0.717, 1.165) is 57.1 Å². The van der Waals surface area contributed by atoms with Gasteiger partial charge in [0.2, 0.25) is 5.91 Å². The Bertz CT molecular complexity index is 668. The van der Waals surface area contributed by atoms with Gasteiger partial charge in [0.15, 0.2) is 0 Å². The summed E-state index contributed by atoms with van der Waals surface area (Å²) in [6.45, 7) is 10.4. The topological polar surface area (TPSA) is 30.0 Å². The van der Waals surface area contributed by atoms with Gasteiger partial charge < -0.3 is 9.80 Å². The first kappa shape index (κ1) is 20.0. The Kier molecular flexibility index (Phi) is 6.44. The lowest BCUT2D eigenvalue weighted by Crippen LogP contribution is -2.57. The van der Waals surface area contributed by atoms with Crippen LogP contribution in [0.15, 0.2) is 24.3 Å². The second-order valence-corrected chi connectivity index (χ2v) is 8.97. The molecule has 3 fully saturated rings. The molecule has 1 unspecified atom stereocenters. The highest BCUT2D eigenvalue weighted by molar-refractivity contribution is 6.30. The highest BCUT2D eigenvalue weighted by Gasteiger charge is 2.32. The maximum Gasteiger partial charge on any atom is 0.219 e. The van der Waals surface area contributed by atoms with Crippen LogP contribution in [0.5, 0.6) is 0 Å². The molecule has 3 heterocycles. The zero-order valence-electron chi connectivity index (χ0n) is 17.0. The van der Waals surface area contributed by atoms with E-state index in [0.29, 0.717) is 12.1 Å². The molecule has 5 nitrogen and oxygen atoms in total. The number of hydrogen-bond donors (Lipinski definition) is 0. The van der Waals surface area contributed by atoms with E-state index in [4.69, 9.17) is 11.6 Å². The molecule has 0 aliphatic carbocycles. The molecule has 3 aliphatic heterocycles. The molecule has 28 heavy (non-hydrogen) atoms. The molecule has 1 aromatic rings. The minimum Gasteiger partial charge on any atom is -0.369 e. The maximum absolute atomic E-state index is 11.6. The summed E-state index contributed by atoms with van der Waals surface area (Å²) in [6.07, 6.45) is 4.88. The predicted octanol–water partition coefficient (Wildman–Crippen LogP) is 2.94. The average molecular weight is 405 g/mol. The number of hydrogen-bond acceptors (Lipinski definition) is 4. The van der Waals surface area contributed by atoms with Gasteiger partial charge in [-0.15, -0.1) is 0 Å². The van der Waals surface area contributed by atoms with Gasteiger partial charge >= 0.3 is 0 Å². The Morgan fingerprint density at radius 2 is 1.68 bits per heavy atom. The number of rotatable bonds is 3. The van der Waals surface area contributed by atoms with Crippen LogP contribution in [0.3, 0.4) is 0 Å². The van der Waals surface area contributed by atoms with Gasteiger partial charge in [0.05, 0.1) is 0 Å². The largest absolute Gasteiger partial charge is 0.369 e. The maximum atomic E-state index is 11.6. The fourth-order valence-corrected chi connectivity index (χ4v) is 5.36. The minimum absolute atomic E-state index is 0.229. The number of carbonyl (C=O) groups is 1. The van der Waals surface area contributed by atoms with Crippen molar-refractivity contribution in [3.8, 4) is 0 Å². The highest BCUT2D eigenvalue weighted by atomic mass is 35.5. The highest BCUT2D eigenvalue weighted by Crippen LogP contribution is 2.26. The molecule has 3 aliphatic rings. The van der Waals surface area contributed by atoms with Crippen LogP contribution >= 0.6 is 11.6 Å². The van der Waals surface area contributed by atoms with Gasteiger partial charge in [-0.3, -0.25) is 14.6 Å². The number of halogens is 1. The van der Waals surface area contributed by atoms with Crippen LogP contribution in [-0.2, 0) is 4.79 Å². The van der Waals surface area contributed by atoms with Gasteiger partial charge in [-0.1, -0.05) is 17.7 Å². The number of piperazine rings is 1. The van der Waals surface area contributed by atoms with Crippen molar-refractivity contribution in [2.24, 2.45) is 0 Å². The average Bonchev–Trinajstić information content (AvgIpc) is 2.74. The number of amides is 1. The molecule has 0 aromatic heterocycles. The molecule has 1 amide bonds. The van der Waals surface area contributed by atoms with Gasteiger partial charge in [0, 0.05) is 75.5 Å². The lowest BCUT2D eigenvalue weighted by Gasteiger charge is -2.47. The first-order chi connectivity index (χ1) is 13.6. The standard InChI is InChI=1S/C22H33ClN4O/c1-18(28)24-10-7-20(8-11-24)27-9-3-6-22(17-27)26-14-12-25(13-15-26)21-5-2-4-19(23)16-21/h2,4-5,16,20,22H,3,6-15,17H2,1H3. The van der Waals surface area contributed by atoms with Crippen LogP contribution in [0.2, 0.25) is 5.02 Å². The van der Waals surface area contributed by atoms with Crippen LogP contribution in [0.25, 0.3) is 0 Å². The van der Waals surface area contributed by atoms with Crippen molar-refractivity contribution in [3.63, 3.8) is 0 Å². The SMILES string of the molecule is CC(=O)N1CCC(N2CCCC(N3CCN(c4cccc(Cl)c4)CC3)C2)CC1. The van der Waals surface area contributed by atoms with Crippen LogP contribution < -0.4 is 4.90 Å². The van der Waals surface area contributed by atoms with E-state index in [-0.39, 0.29) is 5.91 Å². The Morgan fingerprint density at radius 1 is 0.929 bits per heavy atom. The fraction of sp³-hybridized carbons (Fsp3) is 0.682. The van der Waals surface area contributed by atoms with Crippen LogP contribution in [0, 0.1) is 0 Å². The second kappa shape index (κ2) is 9.02. The van der Waals surface area contributed by atoms with Crippen molar-refractivity contribution in [3.05, 3.63) is 29.3 Å². The van der Waals surface area contributed by atoms with Gasteiger partial charge in [0.25, 0.3) is 0 Å². The number of anilines is 1. The van der Waals surface area contributed by atoms with Gasteiger partial charge in [-0.05, 0) is 50.4 Å². The Labute approximate surface area is 174 Å². The molecule has 0 saturated carbocycles. The third-order valence-corrected chi connectivity index (χ3v) is 7.09. The number of nitrogens with zero attached hydrogens (tertiary/aromatic N) is 4. The van der Waals surface area contributed by atoms with E-state index >= 15 is 0 Å². The van der Waals surface area contributed by atoms with Gasteiger partial charge in [0.1, 0.15) is 0 Å². The third kappa shape index (κ3) is 4.64. The fourth-order valence-electron chi connectivity index (χ4n) is 5.18. The normalized spacial score (nSPS) is 25.9. The van der Waals surface area contributed by atoms with Crippen LogP contribution in [-0.4, -0.2) is 85.0 Å². The van der Waals surface area contributed by atoms with Crippen molar-refractivity contribution >= 4 is 23.2 Å². The number of benzene rings is 1. The van der Waals surface area contributed by atoms with Crippen LogP contribution in [0.4, 0.5) is 5.69 Å². The van der Waals surface area contributed by atoms with Crippen molar-refractivity contribution in [2.45, 2.75) is 44.7 Å². The monoisotopic (exact) mass is 404 g/mol. The summed E-state index contributed by atoms with van der Waals surface area (Å²) in [7, 11) is 0. The molecular weight excluding hydrogens is 372 g/mol. The van der Waals surface area contributed by atoms with E-state index < -0.39 is 0 Å². The van der Waals surface area contributed by atoms with Gasteiger partial charge in [-0.2, -0.15) is 0 Å². The molecule has 1 atom stereocenters. The molecule has 6 heteroatoms.